The van der Waals surface area contributed by atoms with Gasteiger partial charge in [-0.2, -0.15) is 13.2 Å². The fourth-order valence-electron chi connectivity index (χ4n) is 1.40. The topological polar surface area (TPSA) is 26.3 Å². The van der Waals surface area contributed by atoms with Crippen molar-refractivity contribution < 1.29 is 22.7 Å². The van der Waals surface area contributed by atoms with Crippen LogP contribution in [-0.2, 0) is 11.2 Å². The molecule has 0 saturated heterocycles. The molecule has 0 aliphatic carbocycles. The van der Waals surface area contributed by atoms with Crippen LogP contribution < -0.4 is 0 Å². The number of hydrogen-bond acceptors (Lipinski definition) is 2. The standard InChI is InChI=1S/C13H15F3O2/c1-2-10-4-6-11(7-5-10)12(17)18-9-3-8-13(14,15)16/h4-7H,2-3,8-9H2,1H3. The van der Waals surface area contributed by atoms with Gasteiger partial charge >= 0.3 is 12.1 Å². The smallest absolute Gasteiger partial charge is 0.389 e. The van der Waals surface area contributed by atoms with Gasteiger partial charge in [0.1, 0.15) is 0 Å². The van der Waals surface area contributed by atoms with Gasteiger partial charge in [-0.25, -0.2) is 4.79 Å². The molecular weight excluding hydrogens is 245 g/mol. The normalized spacial score (nSPS) is 11.3. The lowest BCUT2D eigenvalue weighted by molar-refractivity contribution is -0.137. The number of halogens is 3. The Balaban J connectivity index is 2.36. The van der Waals surface area contributed by atoms with Crippen LogP contribution in [0.2, 0.25) is 0 Å². The quantitative estimate of drug-likeness (QED) is 0.595. The lowest BCUT2D eigenvalue weighted by atomic mass is 10.1. The third-order valence-corrected chi connectivity index (χ3v) is 2.44. The molecule has 0 amide bonds. The van der Waals surface area contributed by atoms with Crippen molar-refractivity contribution in [1.29, 1.82) is 0 Å². The average molecular weight is 260 g/mol. The number of benzene rings is 1. The van der Waals surface area contributed by atoms with E-state index in [0.717, 1.165) is 12.0 Å². The van der Waals surface area contributed by atoms with Crippen molar-refractivity contribution in [3.8, 4) is 0 Å². The second-order valence-corrected chi connectivity index (χ2v) is 3.91. The van der Waals surface area contributed by atoms with Crippen LogP contribution in [0.1, 0.15) is 35.7 Å². The van der Waals surface area contributed by atoms with Gasteiger partial charge in [-0.05, 0) is 30.5 Å². The highest BCUT2D eigenvalue weighted by Gasteiger charge is 2.26. The second-order valence-electron chi connectivity index (χ2n) is 3.91. The number of alkyl halides is 3. The van der Waals surface area contributed by atoms with Gasteiger partial charge in [-0.1, -0.05) is 19.1 Å². The van der Waals surface area contributed by atoms with E-state index in [-0.39, 0.29) is 13.0 Å². The van der Waals surface area contributed by atoms with E-state index in [1.54, 1.807) is 24.3 Å². The first kappa shape index (κ1) is 14.5. The van der Waals surface area contributed by atoms with Crippen molar-refractivity contribution in [2.24, 2.45) is 0 Å². The summed E-state index contributed by atoms with van der Waals surface area (Å²) in [6.07, 6.45) is -4.48. The monoisotopic (exact) mass is 260 g/mol. The lowest BCUT2D eigenvalue weighted by Gasteiger charge is -2.07. The van der Waals surface area contributed by atoms with Crippen molar-refractivity contribution in [2.45, 2.75) is 32.4 Å². The first-order chi connectivity index (χ1) is 8.42. The number of carbonyl (C=O) groups excluding carboxylic acids is 1. The maximum absolute atomic E-state index is 11.8. The van der Waals surface area contributed by atoms with E-state index in [1.165, 1.54) is 0 Å². The van der Waals surface area contributed by atoms with Crippen LogP contribution in [0, 0.1) is 0 Å². The van der Waals surface area contributed by atoms with E-state index in [1.807, 2.05) is 6.92 Å². The van der Waals surface area contributed by atoms with Crippen molar-refractivity contribution in [3.05, 3.63) is 35.4 Å². The number of carbonyl (C=O) groups is 1. The minimum Gasteiger partial charge on any atom is -0.462 e. The van der Waals surface area contributed by atoms with Crippen LogP contribution >= 0.6 is 0 Å². The van der Waals surface area contributed by atoms with E-state index in [0.29, 0.717) is 5.56 Å². The molecule has 0 unspecified atom stereocenters. The van der Waals surface area contributed by atoms with Crippen LogP contribution in [0.3, 0.4) is 0 Å². The average Bonchev–Trinajstić information content (AvgIpc) is 2.33. The molecule has 0 fully saturated rings. The van der Waals surface area contributed by atoms with Crippen LogP contribution in [-0.4, -0.2) is 18.8 Å². The number of esters is 1. The third kappa shape index (κ3) is 5.21. The Morgan fingerprint density at radius 3 is 2.33 bits per heavy atom. The molecule has 0 spiro atoms. The third-order valence-electron chi connectivity index (χ3n) is 2.44. The van der Waals surface area contributed by atoms with Crippen molar-refractivity contribution in [1.82, 2.24) is 0 Å². The van der Waals surface area contributed by atoms with Crippen molar-refractivity contribution >= 4 is 5.97 Å². The molecule has 0 heterocycles. The Morgan fingerprint density at radius 2 is 1.83 bits per heavy atom. The molecule has 0 radical (unpaired) electrons. The first-order valence-corrected chi connectivity index (χ1v) is 5.75. The van der Waals surface area contributed by atoms with Gasteiger partial charge in [0.25, 0.3) is 0 Å². The molecule has 5 heteroatoms. The summed E-state index contributed by atoms with van der Waals surface area (Å²) in [4.78, 5) is 11.5. The number of ether oxygens (including phenoxy) is 1. The summed E-state index contributed by atoms with van der Waals surface area (Å²) in [7, 11) is 0. The molecule has 0 aliphatic heterocycles. The molecule has 100 valence electrons. The van der Waals surface area contributed by atoms with E-state index in [4.69, 9.17) is 4.74 Å². The molecule has 0 aromatic heterocycles. The first-order valence-electron chi connectivity index (χ1n) is 5.75. The fraction of sp³-hybridized carbons (Fsp3) is 0.462. The Kier molecular flexibility index (Phi) is 5.19. The van der Waals surface area contributed by atoms with Crippen LogP contribution in [0.15, 0.2) is 24.3 Å². The molecule has 2 nitrogen and oxygen atoms in total. The molecule has 1 rings (SSSR count). The largest absolute Gasteiger partial charge is 0.462 e. The summed E-state index contributed by atoms with van der Waals surface area (Å²) >= 11 is 0. The SMILES string of the molecule is CCc1ccc(C(=O)OCCCC(F)(F)F)cc1. The molecular formula is C13H15F3O2. The molecule has 0 saturated carbocycles. The summed E-state index contributed by atoms with van der Waals surface area (Å²) < 4.78 is 40.3. The van der Waals surface area contributed by atoms with Gasteiger partial charge < -0.3 is 4.74 Å². The molecule has 0 aliphatic rings. The summed E-state index contributed by atoms with van der Waals surface area (Å²) in [5.74, 6) is -0.583. The molecule has 1 aromatic rings. The van der Waals surface area contributed by atoms with Gasteiger partial charge in [-0.15, -0.1) is 0 Å². The zero-order valence-corrected chi connectivity index (χ0v) is 10.1. The van der Waals surface area contributed by atoms with Gasteiger partial charge in [0.2, 0.25) is 0 Å². The lowest BCUT2D eigenvalue weighted by Crippen LogP contribution is -2.11. The summed E-state index contributed by atoms with van der Waals surface area (Å²) in [5, 5.41) is 0. The molecule has 18 heavy (non-hydrogen) atoms. The zero-order valence-electron chi connectivity index (χ0n) is 10.1. The van der Waals surface area contributed by atoms with E-state index >= 15 is 0 Å². The fourth-order valence-corrected chi connectivity index (χ4v) is 1.40. The predicted octanol–water partition coefficient (Wildman–Crippen LogP) is 3.75. The molecule has 0 N–H and O–H groups in total. The van der Waals surface area contributed by atoms with Gasteiger partial charge in [-0.3, -0.25) is 0 Å². The Labute approximate surface area is 104 Å². The van der Waals surface area contributed by atoms with Gasteiger partial charge in [0.05, 0.1) is 12.2 Å². The van der Waals surface area contributed by atoms with Gasteiger partial charge in [0.15, 0.2) is 0 Å². The molecule has 0 bridgehead atoms. The highest BCUT2D eigenvalue weighted by atomic mass is 19.4. The minimum atomic E-state index is -4.20. The highest BCUT2D eigenvalue weighted by Crippen LogP contribution is 2.21. The maximum atomic E-state index is 11.8. The van der Waals surface area contributed by atoms with Crippen LogP contribution in [0.4, 0.5) is 13.2 Å². The second kappa shape index (κ2) is 6.42. The van der Waals surface area contributed by atoms with Crippen LogP contribution in [0.5, 0.6) is 0 Å². The minimum absolute atomic E-state index is 0.206. The molecule has 1 aromatic carbocycles. The summed E-state index contributed by atoms with van der Waals surface area (Å²) in [6.45, 7) is 1.78. The maximum Gasteiger partial charge on any atom is 0.389 e. The predicted molar refractivity (Wildman–Crippen MR) is 61.4 cm³/mol. The van der Waals surface area contributed by atoms with Crippen LogP contribution in [0.25, 0.3) is 0 Å². The van der Waals surface area contributed by atoms with E-state index < -0.39 is 18.6 Å². The Morgan fingerprint density at radius 1 is 1.22 bits per heavy atom. The Hall–Kier alpha value is -1.52. The molecule has 0 atom stereocenters. The van der Waals surface area contributed by atoms with Gasteiger partial charge in [0, 0.05) is 6.42 Å². The number of rotatable bonds is 5. The highest BCUT2D eigenvalue weighted by molar-refractivity contribution is 5.89. The van der Waals surface area contributed by atoms with E-state index in [2.05, 4.69) is 0 Å². The zero-order chi connectivity index (χ0) is 13.6. The summed E-state index contributed by atoms with van der Waals surface area (Å²) in [6, 6.07) is 6.83. The van der Waals surface area contributed by atoms with E-state index in [9.17, 15) is 18.0 Å². The number of aryl methyl sites for hydroxylation is 1. The van der Waals surface area contributed by atoms with Crippen molar-refractivity contribution in [3.63, 3.8) is 0 Å². The number of hydrogen-bond donors (Lipinski definition) is 0. The Bertz CT molecular complexity index is 382. The van der Waals surface area contributed by atoms with Crippen molar-refractivity contribution in [2.75, 3.05) is 6.61 Å². The summed E-state index contributed by atoms with van der Waals surface area (Å²) in [5.41, 5.74) is 1.45.